The van der Waals surface area contributed by atoms with E-state index in [1.165, 1.54) is 18.9 Å². The number of methoxy groups -OCH3 is 1. The molecule has 0 saturated carbocycles. The number of hydrogen-bond donors (Lipinski definition) is 0. The van der Waals surface area contributed by atoms with Crippen LogP contribution in [-0.2, 0) is 27.2 Å². The molecule has 0 aliphatic rings. The SMILES string of the molecule is CCc1cccc(CC)c1N(CC(=O)OC)C(=O)CSC. The predicted octanol–water partition coefficient (Wildman–Crippen LogP) is 2.68. The highest BCUT2D eigenvalue weighted by Gasteiger charge is 2.23. The molecule has 0 saturated heterocycles. The lowest BCUT2D eigenvalue weighted by Gasteiger charge is -2.26. The van der Waals surface area contributed by atoms with Crippen molar-refractivity contribution in [2.24, 2.45) is 0 Å². The zero-order valence-electron chi connectivity index (χ0n) is 13.1. The van der Waals surface area contributed by atoms with Crippen LogP contribution in [0.25, 0.3) is 0 Å². The van der Waals surface area contributed by atoms with Gasteiger partial charge in [0, 0.05) is 0 Å². The Morgan fingerprint density at radius 1 is 1.19 bits per heavy atom. The van der Waals surface area contributed by atoms with Crippen LogP contribution in [0.15, 0.2) is 18.2 Å². The summed E-state index contributed by atoms with van der Waals surface area (Å²) >= 11 is 1.45. The lowest BCUT2D eigenvalue weighted by atomic mass is 10.0. The lowest BCUT2D eigenvalue weighted by molar-refractivity contribution is -0.139. The van der Waals surface area contributed by atoms with Gasteiger partial charge in [0.2, 0.25) is 5.91 Å². The van der Waals surface area contributed by atoms with E-state index in [1.807, 2.05) is 38.3 Å². The molecule has 1 aromatic carbocycles. The summed E-state index contributed by atoms with van der Waals surface area (Å²) in [6, 6.07) is 6.01. The van der Waals surface area contributed by atoms with Crippen molar-refractivity contribution >= 4 is 29.3 Å². The number of carbonyl (C=O) groups excluding carboxylic acids is 2. The second kappa shape index (κ2) is 8.72. The Morgan fingerprint density at radius 2 is 1.76 bits per heavy atom. The van der Waals surface area contributed by atoms with Crippen LogP contribution in [0, 0.1) is 0 Å². The number of rotatable bonds is 7. The number of anilines is 1. The number of para-hydroxylation sites is 1. The number of ether oxygens (including phenoxy) is 1. The van der Waals surface area contributed by atoms with Gasteiger partial charge in [-0.1, -0.05) is 32.0 Å². The van der Waals surface area contributed by atoms with E-state index in [0.29, 0.717) is 5.75 Å². The first kappa shape index (κ1) is 17.6. The van der Waals surface area contributed by atoms with Crippen molar-refractivity contribution in [2.45, 2.75) is 26.7 Å². The molecular weight excluding hydrogens is 286 g/mol. The van der Waals surface area contributed by atoms with E-state index >= 15 is 0 Å². The molecule has 0 spiro atoms. The molecule has 0 radical (unpaired) electrons. The average molecular weight is 309 g/mol. The van der Waals surface area contributed by atoms with Crippen molar-refractivity contribution in [3.63, 3.8) is 0 Å². The summed E-state index contributed by atoms with van der Waals surface area (Å²) in [6.07, 6.45) is 3.50. The molecule has 1 rings (SSSR count). The van der Waals surface area contributed by atoms with Crippen LogP contribution in [0.4, 0.5) is 5.69 Å². The smallest absolute Gasteiger partial charge is 0.325 e. The number of hydrogen-bond acceptors (Lipinski definition) is 4. The summed E-state index contributed by atoms with van der Waals surface area (Å²) in [5, 5.41) is 0. The average Bonchev–Trinajstić information content (AvgIpc) is 2.51. The van der Waals surface area contributed by atoms with Crippen LogP contribution in [0.1, 0.15) is 25.0 Å². The van der Waals surface area contributed by atoms with Gasteiger partial charge in [0.05, 0.1) is 18.6 Å². The third-order valence-electron chi connectivity index (χ3n) is 3.32. The standard InChI is InChI=1S/C16H23NO3S/c1-5-12-8-7-9-13(6-2)16(12)17(10-15(19)20-3)14(18)11-21-4/h7-9H,5-6,10-11H2,1-4H3. The highest BCUT2D eigenvalue weighted by Crippen LogP contribution is 2.27. The first-order valence-corrected chi connectivity index (χ1v) is 8.45. The number of nitrogens with zero attached hydrogens (tertiary/aromatic N) is 1. The molecule has 5 heteroatoms. The Morgan fingerprint density at radius 3 is 2.19 bits per heavy atom. The maximum atomic E-state index is 12.4. The van der Waals surface area contributed by atoms with Crippen LogP contribution >= 0.6 is 11.8 Å². The molecule has 0 aromatic heterocycles. The van der Waals surface area contributed by atoms with E-state index in [4.69, 9.17) is 4.74 Å². The Balaban J connectivity index is 3.30. The predicted molar refractivity (Wildman–Crippen MR) is 87.9 cm³/mol. The molecule has 4 nitrogen and oxygen atoms in total. The van der Waals surface area contributed by atoms with Gasteiger partial charge in [-0.2, -0.15) is 11.8 Å². The molecular formula is C16H23NO3S. The second-order valence-electron chi connectivity index (χ2n) is 4.62. The molecule has 1 aromatic rings. The fourth-order valence-electron chi connectivity index (χ4n) is 2.25. The molecule has 0 aliphatic heterocycles. The summed E-state index contributed by atoms with van der Waals surface area (Å²) in [6.45, 7) is 4.06. The van der Waals surface area contributed by atoms with Gasteiger partial charge in [-0.05, 0) is 30.2 Å². The van der Waals surface area contributed by atoms with E-state index in [1.54, 1.807) is 4.90 Å². The minimum absolute atomic E-state index is 0.0418. The van der Waals surface area contributed by atoms with Crippen LogP contribution in [0.3, 0.4) is 0 Å². The Bertz CT molecular complexity index is 480. The Labute approximate surface area is 130 Å². The van der Waals surface area contributed by atoms with Crippen molar-refractivity contribution in [3.05, 3.63) is 29.3 Å². The van der Waals surface area contributed by atoms with Gasteiger partial charge in [0.25, 0.3) is 0 Å². The number of benzene rings is 1. The molecule has 116 valence electrons. The number of esters is 1. The van der Waals surface area contributed by atoms with Gasteiger partial charge in [0.1, 0.15) is 6.54 Å². The molecule has 0 N–H and O–H groups in total. The summed E-state index contributed by atoms with van der Waals surface area (Å²) in [7, 11) is 1.34. The normalized spacial score (nSPS) is 10.3. The number of carbonyl (C=O) groups is 2. The first-order valence-electron chi connectivity index (χ1n) is 7.05. The minimum Gasteiger partial charge on any atom is -0.468 e. The summed E-state index contributed by atoms with van der Waals surface area (Å²) < 4.78 is 4.74. The maximum Gasteiger partial charge on any atom is 0.325 e. The van der Waals surface area contributed by atoms with Gasteiger partial charge >= 0.3 is 5.97 Å². The Hall–Kier alpha value is -1.49. The van der Waals surface area contributed by atoms with Crippen molar-refractivity contribution < 1.29 is 14.3 Å². The first-order chi connectivity index (χ1) is 10.1. The minimum atomic E-state index is -0.405. The molecule has 0 aliphatic carbocycles. The lowest BCUT2D eigenvalue weighted by Crippen LogP contribution is -2.38. The van der Waals surface area contributed by atoms with Crippen molar-refractivity contribution in [3.8, 4) is 0 Å². The summed E-state index contributed by atoms with van der Waals surface area (Å²) in [4.78, 5) is 25.7. The van der Waals surface area contributed by atoms with E-state index < -0.39 is 5.97 Å². The van der Waals surface area contributed by atoms with E-state index in [-0.39, 0.29) is 12.5 Å². The van der Waals surface area contributed by atoms with Crippen LogP contribution in [0.2, 0.25) is 0 Å². The topological polar surface area (TPSA) is 46.6 Å². The largest absolute Gasteiger partial charge is 0.468 e. The van der Waals surface area contributed by atoms with Crippen LogP contribution in [0.5, 0.6) is 0 Å². The molecule has 21 heavy (non-hydrogen) atoms. The van der Waals surface area contributed by atoms with Gasteiger partial charge < -0.3 is 4.74 Å². The second-order valence-corrected chi connectivity index (χ2v) is 5.49. The molecule has 0 atom stereocenters. The van der Waals surface area contributed by atoms with Crippen molar-refractivity contribution in [2.75, 3.05) is 30.6 Å². The number of thioether (sulfide) groups is 1. The highest BCUT2D eigenvalue weighted by molar-refractivity contribution is 7.99. The molecule has 0 heterocycles. The van der Waals surface area contributed by atoms with Crippen LogP contribution in [-0.4, -0.2) is 37.5 Å². The maximum absolute atomic E-state index is 12.4. The highest BCUT2D eigenvalue weighted by atomic mass is 32.2. The molecule has 0 unspecified atom stereocenters. The molecule has 1 amide bonds. The monoisotopic (exact) mass is 309 g/mol. The van der Waals surface area contributed by atoms with Crippen molar-refractivity contribution in [1.82, 2.24) is 0 Å². The number of aryl methyl sites for hydroxylation is 2. The fraction of sp³-hybridized carbons (Fsp3) is 0.500. The van der Waals surface area contributed by atoms with E-state index in [2.05, 4.69) is 0 Å². The van der Waals surface area contributed by atoms with Gasteiger partial charge in [-0.25, -0.2) is 0 Å². The number of amides is 1. The van der Waals surface area contributed by atoms with Gasteiger partial charge in [0.15, 0.2) is 0 Å². The fourth-order valence-corrected chi connectivity index (χ4v) is 2.65. The summed E-state index contributed by atoms with van der Waals surface area (Å²) in [5.41, 5.74) is 3.02. The quantitative estimate of drug-likeness (QED) is 0.727. The van der Waals surface area contributed by atoms with Crippen LogP contribution < -0.4 is 4.90 Å². The van der Waals surface area contributed by atoms with Gasteiger partial charge in [-0.3, -0.25) is 14.5 Å². The Kier molecular flexibility index (Phi) is 7.29. The zero-order valence-corrected chi connectivity index (χ0v) is 14.0. The molecule has 0 fully saturated rings. The summed E-state index contributed by atoms with van der Waals surface area (Å²) in [5.74, 6) is -0.126. The third-order valence-corrected chi connectivity index (χ3v) is 3.85. The van der Waals surface area contributed by atoms with E-state index in [9.17, 15) is 9.59 Å². The third kappa shape index (κ3) is 4.49. The van der Waals surface area contributed by atoms with E-state index in [0.717, 1.165) is 29.7 Å². The van der Waals surface area contributed by atoms with Crippen molar-refractivity contribution in [1.29, 1.82) is 0 Å². The molecule has 0 bridgehead atoms. The zero-order chi connectivity index (χ0) is 15.8. The van der Waals surface area contributed by atoms with Gasteiger partial charge in [-0.15, -0.1) is 0 Å².